The van der Waals surface area contributed by atoms with Crippen LogP contribution in [0.4, 0.5) is 0 Å². The van der Waals surface area contributed by atoms with Gasteiger partial charge in [0.2, 0.25) is 0 Å². The van der Waals surface area contributed by atoms with Crippen molar-refractivity contribution in [3.63, 3.8) is 0 Å². The van der Waals surface area contributed by atoms with Gasteiger partial charge in [0.15, 0.2) is 0 Å². The number of methoxy groups -OCH3 is 1. The Morgan fingerprint density at radius 3 is 2.62 bits per heavy atom. The average molecular weight is 333 g/mol. The molecule has 134 valence electrons. The van der Waals surface area contributed by atoms with Gasteiger partial charge in [-0.05, 0) is 41.5 Å². The molecule has 1 fully saturated rings. The van der Waals surface area contributed by atoms with Crippen molar-refractivity contribution in [1.29, 1.82) is 0 Å². The Morgan fingerprint density at radius 1 is 1.33 bits per heavy atom. The van der Waals surface area contributed by atoms with Gasteiger partial charge in [-0.2, -0.15) is 0 Å². The van der Waals surface area contributed by atoms with Crippen LogP contribution < -0.4 is 0 Å². The Hall–Kier alpha value is -1.23. The molecule has 1 aliphatic rings. The fourth-order valence-electron chi connectivity index (χ4n) is 3.48. The lowest BCUT2D eigenvalue weighted by molar-refractivity contribution is -0.128. The van der Waals surface area contributed by atoms with E-state index in [1.165, 1.54) is 22.3 Å². The summed E-state index contributed by atoms with van der Waals surface area (Å²) in [6.45, 7) is 13.8. The van der Waals surface area contributed by atoms with Crippen molar-refractivity contribution in [2.45, 2.75) is 59.2 Å². The number of aryl methyl sites for hydroxylation is 1. The molecule has 0 aromatic heterocycles. The average Bonchev–Trinajstić information content (AvgIpc) is 2.49. The van der Waals surface area contributed by atoms with Gasteiger partial charge in [0.1, 0.15) is 5.78 Å². The van der Waals surface area contributed by atoms with Gasteiger partial charge in [-0.1, -0.05) is 32.9 Å². The van der Waals surface area contributed by atoms with Crippen molar-refractivity contribution in [2.24, 2.45) is 0 Å². The van der Waals surface area contributed by atoms with Crippen LogP contribution in [-0.2, 0) is 32.8 Å². The van der Waals surface area contributed by atoms with Gasteiger partial charge in [0.05, 0.1) is 25.9 Å². The summed E-state index contributed by atoms with van der Waals surface area (Å²) in [4.78, 5) is 14.1. The van der Waals surface area contributed by atoms with E-state index < -0.39 is 0 Å². The first-order valence-electron chi connectivity index (χ1n) is 8.68. The van der Waals surface area contributed by atoms with Crippen LogP contribution in [0.3, 0.4) is 0 Å². The zero-order valence-electron chi connectivity index (χ0n) is 15.9. The summed E-state index contributed by atoms with van der Waals surface area (Å²) in [6.07, 6.45) is 0. The van der Waals surface area contributed by atoms with Gasteiger partial charge in [0.25, 0.3) is 0 Å². The van der Waals surface area contributed by atoms with Gasteiger partial charge >= 0.3 is 0 Å². The number of ether oxygens (including phenoxy) is 2. The fourth-order valence-corrected chi connectivity index (χ4v) is 3.48. The number of hydrogen-bond acceptors (Lipinski definition) is 4. The minimum Gasteiger partial charge on any atom is -0.380 e. The molecule has 2 rings (SSSR count). The lowest BCUT2D eigenvalue weighted by Crippen LogP contribution is -2.48. The Bertz CT molecular complexity index is 589. The van der Waals surface area contributed by atoms with Crippen LogP contribution in [0, 0.1) is 6.92 Å². The molecule has 0 amide bonds. The van der Waals surface area contributed by atoms with Crippen molar-refractivity contribution in [2.75, 3.05) is 26.9 Å². The van der Waals surface area contributed by atoms with Crippen LogP contribution in [0.5, 0.6) is 0 Å². The molecule has 1 saturated heterocycles. The second-order valence-electron chi connectivity index (χ2n) is 7.79. The highest BCUT2D eigenvalue weighted by Crippen LogP contribution is 2.29. The van der Waals surface area contributed by atoms with Crippen molar-refractivity contribution < 1.29 is 14.3 Å². The number of benzene rings is 1. The summed E-state index contributed by atoms with van der Waals surface area (Å²) >= 11 is 0. The highest BCUT2D eigenvalue weighted by atomic mass is 16.5. The highest BCUT2D eigenvalue weighted by Gasteiger charge is 2.28. The van der Waals surface area contributed by atoms with E-state index in [9.17, 15) is 4.79 Å². The third-order valence-electron chi connectivity index (χ3n) is 4.74. The molecule has 0 saturated carbocycles. The smallest absolute Gasteiger partial charge is 0.149 e. The molecule has 4 nitrogen and oxygen atoms in total. The minimum absolute atomic E-state index is 0.103. The summed E-state index contributed by atoms with van der Waals surface area (Å²) < 4.78 is 10.9. The number of carbonyl (C=O) groups excluding carboxylic acids is 1. The number of carbonyl (C=O) groups is 1. The van der Waals surface area contributed by atoms with E-state index in [1.807, 2.05) is 0 Å². The first kappa shape index (κ1) is 19.1. The van der Waals surface area contributed by atoms with Crippen LogP contribution in [0.1, 0.15) is 49.9 Å². The van der Waals surface area contributed by atoms with E-state index in [0.29, 0.717) is 19.8 Å². The zero-order valence-corrected chi connectivity index (χ0v) is 15.9. The maximum atomic E-state index is 11.9. The predicted octanol–water partition coefficient (Wildman–Crippen LogP) is 3.23. The maximum Gasteiger partial charge on any atom is 0.149 e. The molecule has 0 radical (unpaired) electrons. The molecule has 1 heterocycles. The predicted molar refractivity (Wildman–Crippen MR) is 96.3 cm³/mol. The molecule has 24 heavy (non-hydrogen) atoms. The van der Waals surface area contributed by atoms with Crippen LogP contribution in [0.15, 0.2) is 12.1 Å². The van der Waals surface area contributed by atoms with E-state index >= 15 is 0 Å². The monoisotopic (exact) mass is 333 g/mol. The number of nitrogens with zero attached hydrogens (tertiary/aromatic N) is 1. The number of rotatable bonds is 5. The molecule has 1 atom stereocenters. The topological polar surface area (TPSA) is 38.8 Å². The molecule has 0 spiro atoms. The quantitative estimate of drug-likeness (QED) is 0.829. The summed E-state index contributed by atoms with van der Waals surface area (Å²) in [5, 5.41) is 0. The van der Waals surface area contributed by atoms with Gasteiger partial charge in [-0.25, -0.2) is 0 Å². The lowest BCUT2D eigenvalue weighted by atomic mass is 9.82. The molecule has 0 N–H and O–H groups in total. The van der Waals surface area contributed by atoms with E-state index in [0.717, 1.165) is 13.1 Å². The number of morpholine rings is 1. The van der Waals surface area contributed by atoms with E-state index in [1.54, 1.807) is 14.0 Å². The van der Waals surface area contributed by atoms with Crippen LogP contribution in [0.25, 0.3) is 0 Å². The van der Waals surface area contributed by atoms with Crippen molar-refractivity contribution in [3.05, 3.63) is 34.4 Å². The third-order valence-corrected chi connectivity index (χ3v) is 4.74. The normalized spacial score (nSPS) is 19.5. The van der Waals surface area contributed by atoms with Crippen LogP contribution in [-0.4, -0.2) is 43.6 Å². The van der Waals surface area contributed by atoms with Crippen molar-refractivity contribution in [3.8, 4) is 0 Å². The van der Waals surface area contributed by atoms with Crippen LogP contribution in [0.2, 0.25) is 0 Å². The van der Waals surface area contributed by atoms with Gasteiger partial charge < -0.3 is 9.47 Å². The van der Waals surface area contributed by atoms with Gasteiger partial charge in [0, 0.05) is 20.2 Å². The zero-order chi connectivity index (χ0) is 17.9. The van der Waals surface area contributed by atoms with Gasteiger partial charge in [-0.3, -0.25) is 9.69 Å². The van der Waals surface area contributed by atoms with E-state index in [2.05, 4.69) is 44.7 Å². The first-order chi connectivity index (χ1) is 11.2. The molecule has 1 aromatic carbocycles. The van der Waals surface area contributed by atoms with E-state index in [-0.39, 0.29) is 17.2 Å². The summed E-state index contributed by atoms with van der Waals surface area (Å²) in [7, 11) is 1.73. The molecular weight excluding hydrogens is 302 g/mol. The highest BCUT2D eigenvalue weighted by molar-refractivity contribution is 5.81. The molecule has 0 bridgehead atoms. The Kier molecular flexibility index (Phi) is 6.18. The number of ketones is 1. The summed E-state index contributed by atoms with van der Waals surface area (Å²) in [5.41, 5.74) is 5.21. The molecular formula is C20H31NO3. The van der Waals surface area contributed by atoms with Crippen LogP contribution >= 0.6 is 0 Å². The summed E-state index contributed by atoms with van der Waals surface area (Å²) in [6, 6.07) is 4.40. The van der Waals surface area contributed by atoms with Crippen molar-refractivity contribution >= 4 is 5.78 Å². The largest absolute Gasteiger partial charge is 0.380 e. The SMILES string of the molecule is COCc1cc(C(C)(C)C)c(C)cc1CN1CCOC[C@H]1C(C)=O. The second kappa shape index (κ2) is 7.77. The van der Waals surface area contributed by atoms with Gasteiger partial charge in [-0.15, -0.1) is 0 Å². The second-order valence-corrected chi connectivity index (χ2v) is 7.79. The number of hydrogen-bond donors (Lipinski definition) is 0. The molecule has 4 heteroatoms. The molecule has 1 aromatic rings. The number of Topliss-reactive ketones (excluding diaryl/α,β-unsaturated/α-hetero) is 1. The molecule has 1 aliphatic heterocycles. The molecule has 0 unspecified atom stereocenters. The van der Waals surface area contributed by atoms with Crippen molar-refractivity contribution in [1.82, 2.24) is 4.90 Å². The Morgan fingerprint density at radius 2 is 2.04 bits per heavy atom. The fraction of sp³-hybridized carbons (Fsp3) is 0.650. The minimum atomic E-state index is -0.142. The standard InChI is InChI=1S/C20H31NO3/c1-14-9-16(11-21-7-8-24-13-19(21)15(2)22)17(12-23-6)10-18(14)20(3,4)5/h9-10,19H,7-8,11-13H2,1-6H3/t19-/m0/s1. The molecule has 0 aliphatic carbocycles. The Labute approximate surface area is 146 Å². The maximum absolute atomic E-state index is 11.9. The summed E-state index contributed by atoms with van der Waals surface area (Å²) in [5.74, 6) is 0.172. The third kappa shape index (κ3) is 4.44. The first-order valence-corrected chi connectivity index (χ1v) is 8.68. The lowest BCUT2D eigenvalue weighted by Gasteiger charge is -2.35. The Balaban J connectivity index is 2.34. The van der Waals surface area contributed by atoms with E-state index in [4.69, 9.17) is 9.47 Å².